The molecule has 0 aromatic rings. The minimum atomic E-state index is -4.60. The molecule has 6 heteroatoms. The van der Waals surface area contributed by atoms with Crippen LogP contribution in [0.25, 0.3) is 0 Å². The summed E-state index contributed by atoms with van der Waals surface area (Å²) in [5, 5.41) is -1.23. The van der Waals surface area contributed by atoms with E-state index in [2.05, 4.69) is 0 Å². The predicted molar refractivity (Wildman–Crippen MR) is 49.2 cm³/mol. The maximum atomic E-state index is 12.5. The molecule has 1 nitrogen and oxygen atoms in total. The van der Waals surface area contributed by atoms with Gasteiger partial charge in [-0.25, -0.2) is 0 Å². The molecular weight excluding hydrogens is 231 g/mol. The van der Waals surface area contributed by atoms with Gasteiger partial charge in [-0.3, -0.25) is 0 Å². The average molecular weight is 246 g/mol. The van der Waals surface area contributed by atoms with Crippen LogP contribution in [0.2, 0.25) is 5.31 Å². The third-order valence-electron chi connectivity index (χ3n) is 3.86. The van der Waals surface area contributed by atoms with Gasteiger partial charge >= 0.3 is 58.4 Å². The fourth-order valence-electron chi connectivity index (χ4n) is 3.13. The molecule has 15 heavy (non-hydrogen) atoms. The van der Waals surface area contributed by atoms with Crippen LogP contribution in [0.15, 0.2) is 0 Å². The Morgan fingerprint density at radius 2 is 1.73 bits per heavy atom. The minimum Gasteiger partial charge on any atom is -0.449 e. The van der Waals surface area contributed by atoms with Crippen molar-refractivity contribution in [1.29, 1.82) is 0 Å². The summed E-state index contributed by atoms with van der Waals surface area (Å²) in [7, 11) is 0. The van der Waals surface area contributed by atoms with Gasteiger partial charge in [-0.2, -0.15) is 0 Å². The molecule has 0 aliphatic heterocycles. The third-order valence-corrected chi connectivity index (χ3v) is 3.86. The molecule has 3 fully saturated rings. The van der Waals surface area contributed by atoms with Crippen molar-refractivity contribution in [3.8, 4) is 0 Å². The summed E-state index contributed by atoms with van der Waals surface area (Å²) >= 11 is 0. The normalized spacial score (nSPS) is 37.6. The molecule has 0 spiro atoms. The molecule has 3 saturated carbocycles. The van der Waals surface area contributed by atoms with Gasteiger partial charge in [-0.15, -0.1) is 0 Å². The van der Waals surface area contributed by atoms with Crippen molar-refractivity contribution in [3.05, 3.63) is 0 Å². The van der Waals surface area contributed by atoms with E-state index in [9.17, 15) is 12.9 Å². The molecule has 0 aromatic heterocycles. The van der Waals surface area contributed by atoms with E-state index < -0.39 is 12.3 Å². The molecule has 0 unspecified atom stereocenters. The Morgan fingerprint density at radius 1 is 1.20 bits per heavy atom. The summed E-state index contributed by atoms with van der Waals surface area (Å²) in [4.78, 5) is 0. The molecule has 0 aromatic carbocycles. The molecule has 3 aliphatic rings. The minimum absolute atomic E-state index is 0. The van der Waals surface area contributed by atoms with Crippen LogP contribution >= 0.6 is 0 Å². The zero-order valence-corrected chi connectivity index (χ0v) is 12.5. The van der Waals surface area contributed by atoms with E-state index >= 15 is 0 Å². The van der Waals surface area contributed by atoms with Crippen LogP contribution in [0, 0.1) is 5.41 Å². The van der Waals surface area contributed by atoms with Crippen molar-refractivity contribution in [3.63, 3.8) is 0 Å². The molecule has 82 valence electrons. The molecule has 0 heterocycles. The topological polar surface area (TPSA) is 9.23 Å². The van der Waals surface area contributed by atoms with Crippen molar-refractivity contribution >= 4 is 6.98 Å². The summed E-state index contributed by atoms with van der Waals surface area (Å²) in [6.45, 7) is -1.42. The Bertz CT molecular complexity index is 224. The molecule has 0 amide bonds. The number of ether oxygens (including phenoxy) is 1. The number of hydrogen-bond donors (Lipinski definition) is 0. The van der Waals surface area contributed by atoms with Crippen LogP contribution in [0.5, 0.6) is 0 Å². The number of hydrogen-bond acceptors (Lipinski definition) is 1. The Kier molecular flexibility index (Phi) is 4.46. The first-order valence-electron chi connectivity index (χ1n) is 5.20. The number of rotatable bonds is 5. The van der Waals surface area contributed by atoms with Crippen molar-refractivity contribution in [1.82, 2.24) is 0 Å². The first kappa shape index (κ1) is 14.5. The second kappa shape index (κ2) is 4.61. The second-order valence-electron chi connectivity index (χ2n) is 4.91. The molecule has 2 bridgehead atoms. The summed E-state index contributed by atoms with van der Waals surface area (Å²) in [5.74, 6) is 0. The second-order valence-corrected chi connectivity index (χ2v) is 4.91. The fourth-order valence-corrected chi connectivity index (χ4v) is 3.13. The van der Waals surface area contributed by atoms with Crippen LogP contribution < -0.4 is 51.4 Å². The van der Waals surface area contributed by atoms with E-state index in [0.29, 0.717) is 32.5 Å². The van der Waals surface area contributed by atoms with E-state index in [0.717, 1.165) is 6.42 Å². The van der Waals surface area contributed by atoms with Crippen LogP contribution in [-0.2, 0) is 4.74 Å². The SMILES string of the molecule is CCOCCC12CC([B-](F)(F)F)(C1)C2.[K+]. The van der Waals surface area contributed by atoms with Gasteiger partial charge < -0.3 is 17.7 Å². The average Bonchev–Trinajstić information content (AvgIpc) is 1.88. The van der Waals surface area contributed by atoms with Crippen molar-refractivity contribution in [2.24, 2.45) is 5.41 Å². The van der Waals surface area contributed by atoms with Crippen LogP contribution in [-0.4, -0.2) is 20.2 Å². The molecule has 0 radical (unpaired) electrons. The summed E-state index contributed by atoms with van der Waals surface area (Å²) in [6, 6.07) is 0. The molecule has 3 rings (SSSR count). The van der Waals surface area contributed by atoms with E-state index in [1.807, 2.05) is 6.92 Å². The molecule has 0 N–H and O–H groups in total. The molecule has 0 atom stereocenters. The van der Waals surface area contributed by atoms with Gasteiger partial charge in [0.05, 0.1) is 0 Å². The maximum absolute atomic E-state index is 12.5. The first-order valence-corrected chi connectivity index (χ1v) is 5.20. The van der Waals surface area contributed by atoms with Crippen LogP contribution in [0.3, 0.4) is 0 Å². The van der Waals surface area contributed by atoms with Gasteiger partial charge in [0.15, 0.2) is 0 Å². The molecular formula is C9H15BF3KO. The molecule has 0 saturated heterocycles. The Hall–Kier alpha value is 1.45. The summed E-state index contributed by atoms with van der Waals surface area (Å²) < 4.78 is 42.7. The van der Waals surface area contributed by atoms with E-state index in [1.54, 1.807) is 0 Å². The van der Waals surface area contributed by atoms with Gasteiger partial charge in [0.2, 0.25) is 0 Å². The number of halogens is 3. The monoisotopic (exact) mass is 246 g/mol. The Labute approximate surface area is 131 Å². The van der Waals surface area contributed by atoms with Gasteiger partial charge in [0.1, 0.15) is 0 Å². The van der Waals surface area contributed by atoms with Gasteiger partial charge in [0, 0.05) is 13.2 Å². The van der Waals surface area contributed by atoms with Crippen molar-refractivity contribution in [2.75, 3.05) is 13.2 Å². The van der Waals surface area contributed by atoms with Gasteiger partial charge in [0.25, 0.3) is 0 Å². The predicted octanol–water partition coefficient (Wildman–Crippen LogP) is 0.189. The van der Waals surface area contributed by atoms with Gasteiger partial charge in [-0.05, 0) is 18.8 Å². The van der Waals surface area contributed by atoms with Crippen LogP contribution in [0.1, 0.15) is 32.6 Å². The largest absolute Gasteiger partial charge is 1.00 e. The quantitative estimate of drug-likeness (QED) is 0.497. The molecule has 3 aliphatic carbocycles. The first-order chi connectivity index (χ1) is 6.43. The van der Waals surface area contributed by atoms with Gasteiger partial charge in [-0.1, -0.05) is 24.6 Å². The Balaban J connectivity index is 0.00000112. The van der Waals surface area contributed by atoms with E-state index in [4.69, 9.17) is 4.74 Å². The van der Waals surface area contributed by atoms with Crippen molar-refractivity contribution < 1.29 is 69.1 Å². The van der Waals surface area contributed by atoms with Crippen molar-refractivity contribution in [2.45, 2.75) is 37.9 Å². The smallest absolute Gasteiger partial charge is 0.449 e. The Morgan fingerprint density at radius 3 is 2.13 bits per heavy atom. The zero-order valence-electron chi connectivity index (χ0n) is 9.36. The zero-order chi connectivity index (χ0) is 10.4. The summed E-state index contributed by atoms with van der Waals surface area (Å²) in [6.07, 6.45) is 1.93. The van der Waals surface area contributed by atoms with Crippen LogP contribution in [0.4, 0.5) is 12.9 Å². The maximum Gasteiger partial charge on any atom is 1.00 e. The van der Waals surface area contributed by atoms with E-state index in [-0.39, 0.29) is 56.8 Å². The fraction of sp³-hybridized carbons (Fsp3) is 1.00. The summed E-state index contributed by atoms with van der Waals surface area (Å²) in [5.41, 5.74) is 0.00639. The van der Waals surface area contributed by atoms with E-state index in [1.165, 1.54) is 0 Å². The standard InChI is InChI=1S/C9H15BF3O.K/c1-2-14-4-3-8-5-9(6-8,7-8)10(11,12)13;/h2-7H2,1H3;/q-1;+1. The third kappa shape index (κ3) is 2.36.